The Morgan fingerprint density at radius 2 is 1.89 bits per heavy atom. The molecule has 0 bridgehead atoms. The van der Waals surface area contributed by atoms with Gasteiger partial charge in [0, 0.05) is 31.0 Å². The molecule has 1 N–H and O–H groups in total. The summed E-state index contributed by atoms with van der Waals surface area (Å²) in [7, 11) is 1.59. The Labute approximate surface area is 168 Å². The highest BCUT2D eigenvalue weighted by Gasteiger charge is 2.32. The number of carbonyl (C=O) groups excluding carboxylic acids is 3. The van der Waals surface area contributed by atoms with Crippen LogP contribution in [0.5, 0.6) is 0 Å². The summed E-state index contributed by atoms with van der Waals surface area (Å²) in [6, 6.07) is 3.95. The van der Waals surface area contributed by atoms with Gasteiger partial charge in [-0.3, -0.25) is 14.5 Å². The largest absolute Gasteiger partial charge is 0.326 e. The Kier molecular flexibility index (Phi) is 5.79. The molecular weight excluding hydrogens is 376 g/mol. The fourth-order valence-electron chi connectivity index (χ4n) is 3.16. The van der Waals surface area contributed by atoms with Crippen molar-refractivity contribution in [1.82, 2.24) is 14.8 Å². The molecule has 1 aromatic carbocycles. The summed E-state index contributed by atoms with van der Waals surface area (Å²) < 4.78 is 0. The van der Waals surface area contributed by atoms with E-state index < -0.39 is 0 Å². The minimum atomic E-state index is -0.307. The maximum absolute atomic E-state index is 12.2. The van der Waals surface area contributed by atoms with E-state index in [4.69, 9.17) is 0 Å². The van der Waals surface area contributed by atoms with Crippen molar-refractivity contribution in [3.63, 3.8) is 0 Å². The third-order valence-corrected chi connectivity index (χ3v) is 5.64. The first kappa shape index (κ1) is 20.0. The van der Waals surface area contributed by atoms with E-state index in [1.54, 1.807) is 7.05 Å². The first-order chi connectivity index (χ1) is 13.3. The maximum Gasteiger partial charge on any atom is 0.326 e. The lowest BCUT2D eigenvalue weighted by Crippen LogP contribution is -2.32. The fraction of sp³-hybridized carbons (Fsp3) is 0.400. The molecule has 8 heteroatoms. The molecule has 0 unspecified atom stereocenters. The fourth-order valence-corrected chi connectivity index (χ4v) is 3.89. The lowest BCUT2D eigenvalue weighted by Gasteiger charge is -2.13. The quantitative estimate of drug-likeness (QED) is 0.754. The molecule has 1 aliphatic rings. The van der Waals surface area contributed by atoms with Crippen LogP contribution in [-0.4, -0.2) is 52.8 Å². The van der Waals surface area contributed by atoms with Crippen LogP contribution in [0.4, 0.5) is 9.93 Å². The van der Waals surface area contributed by atoms with Crippen LogP contribution in [0, 0.1) is 20.8 Å². The molecule has 1 saturated heterocycles. The van der Waals surface area contributed by atoms with Gasteiger partial charge in [-0.25, -0.2) is 9.78 Å². The maximum atomic E-state index is 12.2. The number of imide groups is 1. The molecule has 0 saturated carbocycles. The van der Waals surface area contributed by atoms with Gasteiger partial charge in [0.1, 0.15) is 6.54 Å². The number of nitrogens with one attached hydrogen (secondary N) is 1. The highest BCUT2D eigenvalue weighted by atomic mass is 32.1. The summed E-state index contributed by atoms with van der Waals surface area (Å²) in [6.45, 7) is 6.56. The average molecular weight is 401 g/mol. The first-order valence-corrected chi connectivity index (χ1v) is 10.0. The third-order valence-electron chi connectivity index (χ3n) is 4.88. The van der Waals surface area contributed by atoms with Gasteiger partial charge in [0.15, 0.2) is 5.13 Å². The zero-order valence-electron chi connectivity index (χ0n) is 16.5. The van der Waals surface area contributed by atoms with Gasteiger partial charge in [-0.05, 0) is 49.9 Å². The van der Waals surface area contributed by atoms with E-state index in [9.17, 15) is 14.4 Å². The van der Waals surface area contributed by atoms with E-state index >= 15 is 0 Å². The van der Waals surface area contributed by atoms with Crippen molar-refractivity contribution in [3.05, 3.63) is 34.2 Å². The SMILES string of the molecule is Cc1cc(C)c(-c2csc(NC(=O)CCCN3C(=O)CN(C)C3=O)n2)cc1C. The Morgan fingerprint density at radius 1 is 1.18 bits per heavy atom. The van der Waals surface area contributed by atoms with E-state index in [1.165, 1.54) is 32.3 Å². The first-order valence-electron chi connectivity index (χ1n) is 9.15. The van der Waals surface area contributed by atoms with Crippen LogP contribution >= 0.6 is 11.3 Å². The molecule has 0 spiro atoms. The Hall–Kier alpha value is -2.74. The second-order valence-corrected chi connectivity index (χ2v) is 7.98. The summed E-state index contributed by atoms with van der Waals surface area (Å²) in [5, 5.41) is 5.29. The smallest absolute Gasteiger partial charge is 0.318 e. The van der Waals surface area contributed by atoms with Gasteiger partial charge in [-0.15, -0.1) is 11.3 Å². The van der Waals surface area contributed by atoms with Gasteiger partial charge in [0.25, 0.3) is 0 Å². The zero-order chi connectivity index (χ0) is 20.4. The Balaban J connectivity index is 1.55. The molecule has 4 amide bonds. The molecular formula is C20H24N4O3S. The second kappa shape index (κ2) is 8.10. The van der Waals surface area contributed by atoms with E-state index in [-0.39, 0.29) is 37.4 Å². The van der Waals surface area contributed by atoms with Crippen LogP contribution < -0.4 is 5.32 Å². The molecule has 1 fully saturated rings. The predicted octanol–water partition coefficient (Wildman–Crippen LogP) is 3.35. The number of benzene rings is 1. The zero-order valence-corrected chi connectivity index (χ0v) is 17.4. The number of aromatic nitrogens is 1. The van der Waals surface area contributed by atoms with Gasteiger partial charge in [0.05, 0.1) is 5.69 Å². The molecule has 2 heterocycles. The average Bonchev–Trinajstić information content (AvgIpc) is 3.17. The normalized spacial score (nSPS) is 14.1. The van der Waals surface area contributed by atoms with Crippen molar-refractivity contribution in [2.75, 3.05) is 25.5 Å². The number of urea groups is 1. The van der Waals surface area contributed by atoms with Gasteiger partial charge >= 0.3 is 6.03 Å². The van der Waals surface area contributed by atoms with Crippen molar-refractivity contribution in [2.45, 2.75) is 33.6 Å². The van der Waals surface area contributed by atoms with Crippen molar-refractivity contribution in [1.29, 1.82) is 0 Å². The number of likely N-dealkylation sites (N-methyl/N-ethyl adjacent to an activating group) is 1. The van der Waals surface area contributed by atoms with E-state index in [1.807, 2.05) is 5.38 Å². The molecule has 0 atom stereocenters. The summed E-state index contributed by atoms with van der Waals surface area (Å²) >= 11 is 1.38. The summed E-state index contributed by atoms with van der Waals surface area (Å²) in [6.07, 6.45) is 0.643. The number of hydrogen-bond acceptors (Lipinski definition) is 5. The minimum absolute atomic E-state index is 0.102. The van der Waals surface area contributed by atoms with E-state index in [2.05, 4.69) is 43.2 Å². The molecule has 0 radical (unpaired) electrons. The molecule has 148 valence electrons. The van der Waals surface area contributed by atoms with Gasteiger partial charge in [-0.1, -0.05) is 6.07 Å². The number of thiazole rings is 1. The van der Waals surface area contributed by atoms with Crippen molar-refractivity contribution in [3.8, 4) is 11.3 Å². The van der Waals surface area contributed by atoms with Gasteiger partial charge in [-0.2, -0.15) is 0 Å². The van der Waals surface area contributed by atoms with Crippen molar-refractivity contribution < 1.29 is 14.4 Å². The number of anilines is 1. The third kappa shape index (κ3) is 4.22. The molecule has 3 rings (SSSR count). The predicted molar refractivity (Wildman–Crippen MR) is 109 cm³/mol. The van der Waals surface area contributed by atoms with Crippen molar-refractivity contribution >= 4 is 34.3 Å². The number of rotatable bonds is 6. The molecule has 2 aromatic rings. The number of amides is 4. The van der Waals surface area contributed by atoms with Gasteiger partial charge < -0.3 is 10.2 Å². The number of aryl methyl sites for hydroxylation is 3. The highest BCUT2D eigenvalue weighted by Crippen LogP contribution is 2.29. The van der Waals surface area contributed by atoms with Crippen LogP contribution in [-0.2, 0) is 9.59 Å². The number of carbonyl (C=O) groups is 3. The standard InChI is InChI=1S/C20H24N4O3S/c1-12-8-14(3)15(9-13(12)2)16-11-28-19(21-16)22-17(25)6-5-7-24-18(26)10-23(4)20(24)27/h8-9,11H,5-7,10H2,1-4H3,(H,21,22,25). The molecule has 7 nitrogen and oxygen atoms in total. The van der Waals surface area contributed by atoms with Gasteiger partial charge in [0.2, 0.25) is 11.8 Å². The van der Waals surface area contributed by atoms with E-state index in [0.29, 0.717) is 11.6 Å². The number of hydrogen-bond donors (Lipinski definition) is 1. The Morgan fingerprint density at radius 3 is 2.57 bits per heavy atom. The topological polar surface area (TPSA) is 82.6 Å². The summed E-state index contributed by atoms with van der Waals surface area (Å²) in [4.78, 5) is 42.8. The van der Waals surface area contributed by atoms with Crippen LogP contribution in [0.2, 0.25) is 0 Å². The molecule has 0 aliphatic carbocycles. The summed E-state index contributed by atoms with van der Waals surface area (Å²) in [5.41, 5.74) is 5.51. The lowest BCUT2D eigenvalue weighted by molar-refractivity contribution is -0.125. The van der Waals surface area contributed by atoms with Crippen LogP contribution in [0.3, 0.4) is 0 Å². The molecule has 1 aromatic heterocycles. The van der Waals surface area contributed by atoms with E-state index in [0.717, 1.165) is 16.8 Å². The van der Waals surface area contributed by atoms with Crippen LogP contribution in [0.15, 0.2) is 17.5 Å². The second-order valence-electron chi connectivity index (χ2n) is 7.13. The van der Waals surface area contributed by atoms with Crippen LogP contribution in [0.1, 0.15) is 29.5 Å². The highest BCUT2D eigenvalue weighted by molar-refractivity contribution is 7.14. The summed E-state index contributed by atoms with van der Waals surface area (Å²) in [5.74, 6) is -0.397. The molecule has 1 aliphatic heterocycles. The number of nitrogens with zero attached hydrogens (tertiary/aromatic N) is 3. The lowest BCUT2D eigenvalue weighted by atomic mass is 9.99. The van der Waals surface area contributed by atoms with Crippen molar-refractivity contribution in [2.24, 2.45) is 0 Å². The molecule has 28 heavy (non-hydrogen) atoms. The van der Waals surface area contributed by atoms with Crippen LogP contribution in [0.25, 0.3) is 11.3 Å². The monoisotopic (exact) mass is 400 g/mol. The Bertz CT molecular complexity index is 938. The minimum Gasteiger partial charge on any atom is -0.318 e.